The minimum Gasteiger partial charge on any atom is -0.462 e. The number of nitrogens with one attached hydrogen (secondary N) is 1. The number of fused-ring (bicyclic) bond motifs is 1. The molecule has 3 aromatic heterocycles. The number of rotatable bonds is 5. The highest BCUT2D eigenvalue weighted by atomic mass is 32.1. The molecule has 1 N–H and O–H groups in total. The van der Waals surface area contributed by atoms with Crippen LogP contribution >= 0.6 is 11.3 Å². The number of anilines is 1. The molecule has 0 atom stereocenters. The number of amides is 1. The van der Waals surface area contributed by atoms with E-state index >= 15 is 0 Å². The van der Waals surface area contributed by atoms with E-state index in [0.29, 0.717) is 28.0 Å². The second-order valence-electron chi connectivity index (χ2n) is 5.08. The van der Waals surface area contributed by atoms with Gasteiger partial charge in [0, 0.05) is 12.4 Å². The topological polar surface area (TPSA) is 85.6 Å². The first-order valence-electron chi connectivity index (χ1n) is 7.44. The Hall–Kier alpha value is -2.74. The number of aryl methyl sites for hydroxylation is 1. The molecule has 0 bridgehead atoms. The van der Waals surface area contributed by atoms with Crippen molar-refractivity contribution < 1.29 is 14.3 Å². The van der Waals surface area contributed by atoms with E-state index in [4.69, 9.17) is 4.74 Å². The zero-order valence-electron chi connectivity index (χ0n) is 13.3. The minimum absolute atomic E-state index is 0.134. The van der Waals surface area contributed by atoms with Gasteiger partial charge in [-0.15, -0.1) is 0 Å². The number of esters is 1. The number of carbonyl (C=O) groups is 2. The van der Waals surface area contributed by atoms with Gasteiger partial charge in [-0.1, -0.05) is 17.4 Å². The molecule has 7 nitrogen and oxygen atoms in total. The van der Waals surface area contributed by atoms with E-state index in [-0.39, 0.29) is 12.3 Å². The fourth-order valence-corrected chi connectivity index (χ4v) is 3.11. The van der Waals surface area contributed by atoms with E-state index in [9.17, 15) is 9.59 Å². The lowest BCUT2D eigenvalue weighted by Crippen LogP contribution is -2.14. The molecule has 0 aliphatic heterocycles. The number of hydrogen-bond acceptors (Lipinski definition) is 6. The van der Waals surface area contributed by atoms with E-state index in [1.165, 1.54) is 0 Å². The van der Waals surface area contributed by atoms with Crippen LogP contribution in [0.3, 0.4) is 0 Å². The van der Waals surface area contributed by atoms with Gasteiger partial charge in [-0.25, -0.2) is 14.8 Å². The number of imidazole rings is 1. The standard InChI is InChI=1S/C16H16N4O3S/c1-3-23-15(22)14-10(2)17-16(24-14)19-13(21)8-11-9-20-7-5-4-6-12(20)18-11/h4-7,9H,3,8H2,1-2H3,(H,17,19,21). The zero-order valence-corrected chi connectivity index (χ0v) is 14.1. The summed E-state index contributed by atoms with van der Waals surface area (Å²) in [4.78, 5) is 32.9. The summed E-state index contributed by atoms with van der Waals surface area (Å²) >= 11 is 1.11. The zero-order chi connectivity index (χ0) is 17.1. The summed E-state index contributed by atoms with van der Waals surface area (Å²) in [6.07, 6.45) is 3.82. The number of nitrogens with zero attached hydrogens (tertiary/aromatic N) is 3. The van der Waals surface area contributed by atoms with Crippen LogP contribution in [0.1, 0.15) is 28.0 Å². The van der Waals surface area contributed by atoms with Crippen molar-refractivity contribution in [1.29, 1.82) is 0 Å². The second kappa shape index (κ2) is 6.79. The highest BCUT2D eigenvalue weighted by Gasteiger charge is 2.18. The Balaban J connectivity index is 1.68. The maximum atomic E-state index is 12.2. The van der Waals surface area contributed by atoms with Gasteiger partial charge >= 0.3 is 5.97 Å². The van der Waals surface area contributed by atoms with E-state index < -0.39 is 5.97 Å². The van der Waals surface area contributed by atoms with Crippen LogP contribution in [-0.4, -0.2) is 32.9 Å². The van der Waals surface area contributed by atoms with Crippen molar-refractivity contribution in [1.82, 2.24) is 14.4 Å². The number of hydrogen-bond donors (Lipinski definition) is 1. The Kier molecular flexibility index (Phi) is 4.57. The number of carbonyl (C=O) groups excluding carboxylic acids is 2. The summed E-state index contributed by atoms with van der Waals surface area (Å²) in [7, 11) is 0. The monoisotopic (exact) mass is 344 g/mol. The molecule has 3 aromatic rings. The van der Waals surface area contributed by atoms with Gasteiger partial charge in [0.1, 0.15) is 10.5 Å². The normalized spacial score (nSPS) is 10.8. The number of thiazole rings is 1. The Bertz CT molecular complexity index is 867. The van der Waals surface area contributed by atoms with Gasteiger partial charge in [-0.2, -0.15) is 0 Å². The molecule has 0 aliphatic rings. The van der Waals surface area contributed by atoms with Crippen molar-refractivity contribution >= 4 is 34.0 Å². The third-order valence-corrected chi connectivity index (χ3v) is 4.31. The summed E-state index contributed by atoms with van der Waals surface area (Å²) in [6, 6.07) is 5.66. The molecule has 0 unspecified atom stereocenters. The Morgan fingerprint density at radius 2 is 2.17 bits per heavy atom. The van der Waals surface area contributed by atoms with Gasteiger partial charge in [0.15, 0.2) is 5.13 Å². The second-order valence-corrected chi connectivity index (χ2v) is 6.08. The fourth-order valence-electron chi connectivity index (χ4n) is 2.24. The maximum absolute atomic E-state index is 12.2. The highest BCUT2D eigenvalue weighted by Crippen LogP contribution is 2.23. The van der Waals surface area contributed by atoms with Crippen molar-refractivity contribution in [3.8, 4) is 0 Å². The molecule has 0 spiro atoms. The Morgan fingerprint density at radius 1 is 1.33 bits per heavy atom. The molecule has 3 heterocycles. The lowest BCUT2D eigenvalue weighted by Gasteiger charge is -1.99. The van der Waals surface area contributed by atoms with Crippen molar-refractivity contribution in [3.05, 3.63) is 46.9 Å². The summed E-state index contributed by atoms with van der Waals surface area (Å²) in [5.74, 6) is -0.657. The van der Waals surface area contributed by atoms with Gasteiger partial charge in [0.25, 0.3) is 0 Å². The van der Waals surface area contributed by atoms with Crippen LogP contribution in [0.2, 0.25) is 0 Å². The quantitative estimate of drug-likeness (QED) is 0.719. The first kappa shape index (κ1) is 16.1. The summed E-state index contributed by atoms with van der Waals surface area (Å²) in [6.45, 7) is 3.75. The lowest BCUT2D eigenvalue weighted by molar-refractivity contribution is -0.115. The molecular formula is C16H16N4O3S. The van der Waals surface area contributed by atoms with Crippen LogP contribution in [0, 0.1) is 6.92 Å². The molecule has 0 radical (unpaired) electrons. The number of pyridine rings is 1. The molecule has 0 aromatic carbocycles. The van der Waals surface area contributed by atoms with Gasteiger partial charge in [0.05, 0.1) is 24.4 Å². The highest BCUT2D eigenvalue weighted by molar-refractivity contribution is 7.17. The average Bonchev–Trinajstić information content (AvgIpc) is 3.09. The van der Waals surface area contributed by atoms with Gasteiger partial charge < -0.3 is 14.5 Å². The molecule has 0 saturated carbocycles. The number of aromatic nitrogens is 3. The molecular weight excluding hydrogens is 328 g/mol. The molecule has 124 valence electrons. The van der Waals surface area contributed by atoms with Crippen LogP contribution in [0.5, 0.6) is 0 Å². The predicted molar refractivity (Wildman–Crippen MR) is 90.3 cm³/mol. The first-order chi connectivity index (χ1) is 11.6. The van der Waals surface area contributed by atoms with Crippen molar-refractivity contribution in [2.45, 2.75) is 20.3 Å². The van der Waals surface area contributed by atoms with Crippen molar-refractivity contribution in [2.24, 2.45) is 0 Å². The third kappa shape index (κ3) is 3.43. The molecule has 0 saturated heterocycles. The molecule has 24 heavy (non-hydrogen) atoms. The summed E-state index contributed by atoms with van der Waals surface area (Å²) in [5.41, 5.74) is 1.99. The van der Waals surface area contributed by atoms with Crippen molar-refractivity contribution in [3.63, 3.8) is 0 Å². The van der Waals surface area contributed by atoms with Crippen LogP contribution in [0.25, 0.3) is 5.65 Å². The molecule has 1 amide bonds. The largest absolute Gasteiger partial charge is 0.462 e. The molecule has 8 heteroatoms. The third-order valence-electron chi connectivity index (χ3n) is 3.26. The SMILES string of the molecule is CCOC(=O)c1sc(NC(=O)Cc2cn3ccccc3n2)nc1C. The Labute approximate surface area is 142 Å². The predicted octanol–water partition coefficient (Wildman–Crippen LogP) is 2.46. The van der Waals surface area contributed by atoms with Crippen LogP contribution < -0.4 is 5.32 Å². The maximum Gasteiger partial charge on any atom is 0.350 e. The van der Waals surface area contributed by atoms with E-state index in [1.54, 1.807) is 13.8 Å². The fraction of sp³-hybridized carbons (Fsp3) is 0.250. The number of ether oxygens (including phenoxy) is 1. The van der Waals surface area contributed by atoms with E-state index in [2.05, 4.69) is 15.3 Å². The molecule has 0 fully saturated rings. The Morgan fingerprint density at radius 3 is 2.92 bits per heavy atom. The van der Waals surface area contributed by atoms with Crippen LogP contribution in [0.4, 0.5) is 5.13 Å². The van der Waals surface area contributed by atoms with E-state index in [0.717, 1.165) is 17.0 Å². The average molecular weight is 344 g/mol. The lowest BCUT2D eigenvalue weighted by atomic mass is 10.3. The summed E-state index contributed by atoms with van der Waals surface area (Å²) < 4.78 is 6.82. The molecule has 0 aliphatic carbocycles. The van der Waals surface area contributed by atoms with Crippen LogP contribution in [0.15, 0.2) is 30.6 Å². The minimum atomic E-state index is -0.423. The van der Waals surface area contributed by atoms with Crippen LogP contribution in [-0.2, 0) is 16.0 Å². The van der Waals surface area contributed by atoms with E-state index in [1.807, 2.05) is 35.0 Å². The smallest absolute Gasteiger partial charge is 0.350 e. The van der Waals surface area contributed by atoms with Crippen molar-refractivity contribution in [2.75, 3.05) is 11.9 Å². The van der Waals surface area contributed by atoms with Gasteiger partial charge in [-0.05, 0) is 26.0 Å². The van der Waals surface area contributed by atoms with Gasteiger partial charge in [-0.3, -0.25) is 4.79 Å². The molecule has 3 rings (SSSR count). The first-order valence-corrected chi connectivity index (χ1v) is 8.25. The summed E-state index contributed by atoms with van der Waals surface area (Å²) in [5, 5.41) is 3.08. The van der Waals surface area contributed by atoms with Gasteiger partial charge in [0.2, 0.25) is 5.91 Å².